The van der Waals surface area contributed by atoms with Crippen molar-refractivity contribution < 1.29 is 4.74 Å². The molecule has 0 unspecified atom stereocenters. The van der Waals surface area contributed by atoms with Crippen molar-refractivity contribution in [3.05, 3.63) is 12.2 Å². The van der Waals surface area contributed by atoms with Crippen molar-refractivity contribution in [3.63, 3.8) is 0 Å². The van der Waals surface area contributed by atoms with Crippen molar-refractivity contribution in [2.75, 3.05) is 13.2 Å². The smallest absolute Gasteiger partial charge is 0.0652 e. The normalized spacial score (nSPS) is 17.3. The van der Waals surface area contributed by atoms with Crippen LogP contribution >= 0.6 is 12.4 Å². The lowest BCUT2D eigenvalue weighted by molar-refractivity contribution is 0.213. The molecule has 0 aromatic heterocycles. The van der Waals surface area contributed by atoms with E-state index < -0.39 is 0 Å². The molecule has 1 aliphatic rings. The Hall–Kier alpha value is -0.0100. The lowest BCUT2D eigenvalue weighted by Gasteiger charge is -1.77. The van der Waals surface area contributed by atoms with Gasteiger partial charge in [0, 0.05) is 0 Å². The average Bonchev–Trinajstić information content (AvgIpc) is 1.76. The molecule has 0 spiro atoms. The van der Waals surface area contributed by atoms with Gasteiger partial charge in [-0.3, -0.25) is 0 Å². The fraction of sp³-hybridized carbons (Fsp3) is 0.500. The van der Waals surface area contributed by atoms with Gasteiger partial charge in [0.2, 0.25) is 0 Å². The van der Waals surface area contributed by atoms with Crippen molar-refractivity contribution in [3.8, 4) is 0 Å². The fourth-order valence-corrected chi connectivity index (χ4v) is 0.340. The summed E-state index contributed by atoms with van der Waals surface area (Å²) in [5, 5.41) is 0. The highest BCUT2D eigenvalue weighted by molar-refractivity contribution is 5.85. The molecular weight excluding hydrogens is 99.5 g/mol. The van der Waals surface area contributed by atoms with Crippen LogP contribution in [0.1, 0.15) is 0 Å². The Balaban J connectivity index is 0.000000250. The molecule has 36 valence electrons. The van der Waals surface area contributed by atoms with E-state index in [1.807, 2.05) is 12.2 Å². The Morgan fingerprint density at radius 1 is 1.17 bits per heavy atom. The van der Waals surface area contributed by atoms with Gasteiger partial charge in [-0.25, -0.2) is 0 Å². The van der Waals surface area contributed by atoms with Gasteiger partial charge in [-0.2, -0.15) is 0 Å². The Morgan fingerprint density at radius 3 is 1.83 bits per heavy atom. The maximum Gasteiger partial charge on any atom is 0.0652 e. The van der Waals surface area contributed by atoms with Gasteiger partial charge in [-0.1, -0.05) is 12.2 Å². The first kappa shape index (κ1) is 5.99. The van der Waals surface area contributed by atoms with E-state index in [2.05, 4.69) is 0 Å². The van der Waals surface area contributed by atoms with Gasteiger partial charge in [0.1, 0.15) is 0 Å². The lowest BCUT2D eigenvalue weighted by atomic mass is 10.6. The van der Waals surface area contributed by atoms with Gasteiger partial charge in [-0.15, -0.1) is 12.4 Å². The molecule has 0 aromatic carbocycles. The molecular formula is C4H7ClO. The van der Waals surface area contributed by atoms with Crippen molar-refractivity contribution in [2.45, 2.75) is 0 Å². The van der Waals surface area contributed by atoms with E-state index in [9.17, 15) is 0 Å². The van der Waals surface area contributed by atoms with Gasteiger partial charge < -0.3 is 4.74 Å². The number of hydrogen-bond acceptors (Lipinski definition) is 1. The summed E-state index contributed by atoms with van der Waals surface area (Å²) < 4.78 is 4.83. The SMILES string of the molecule is C1=CCOC1.Cl. The number of halogens is 1. The van der Waals surface area contributed by atoms with Gasteiger partial charge in [0.25, 0.3) is 0 Å². The molecule has 1 aliphatic heterocycles. The standard InChI is InChI=1S/C4H6O.ClH/c1-2-4-5-3-1;/h1-2H,3-4H2;1H. The Kier molecular flexibility index (Phi) is 3.19. The summed E-state index contributed by atoms with van der Waals surface area (Å²) in [6, 6.07) is 0. The molecule has 1 nitrogen and oxygen atoms in total. The van der Waals surface area contributed by atoms with Crippen molar-refractivity contribution >= 4 is 12.4 Å². The summed E-state index contributed by atoms with van der Waals surface area (Å²) >= 11 is 0. The molecule has 0 N–H and O–H groups in total. The maximum absolute atomic E-state index is 4.83. The third kappa shape index (κ3) is 1.43. The molecule has 0 saturated heterocycles. The minimum Gasteiger partial charge on any atom is -0.373 e. The minimum absolute atomic E-state index is 0. The largest absolute Gasteiger partial charge is 0.373 e. The molecule has 0 aliphatic carbocycles. The second-order valence-electron chi connectivity index (χ2n) is 1.01. The average molecular weight is 107 g/mol. The molecule has 0 aromatic rings. The van der Waals surface area contributed by atoms with Gasteiger partial charge in [0.15, 0.2) is 0 Å². The summed E-state index contributed by atoms with van der Waals surface area (Å²) in [5.41, 5.74) is 0. The molecule has 1 heterocycles. The highest BCUT2D eigenvalue weighted by Gasteiger charge is 1.83. The van der Waals surface area contributed by atoms with Crippen molar-refractivity contribution in [1.29, 1.82) is 0 Å². The van der Waals surface area contributed by atoms with Crippen LogP contribution < -0.4 is 0 Å². The van der Waals surface area contributed by atoms with E-state index in [1.54, 1.807) is 0 Å². The van der Waals surface area contributed by atoms with Gasteiger partial charge in [-0.05, 0) is 0 Å². The van der Waals surface area contributed by atoms with Crippen LogP contribution in [0.4, 0.5) is 0 Å². The molecule has 0 radical (unpaired) electrons. The monoisotopic (exact) mass is 106 g/mol. The summed E-state index contributed by atoms with van der Waals surface area (Å²) in [7, 11) is 0. The van der Waals surface area contributed by atoms with Crippen LogP contribution in [-0.2, 0) is 4.74 Å². The molecule has 0 amide bonds. The van der Waals surface area contributed by atoms with Crippen molar-refractivity contribution in [2.24, 2.45) is 0 Å². The fourth-order valence-electron chi connectivity index (χ4n) is 0.340. The van der Waals surface area contributed by atoms with Crippen molar-refractivity contribution in [1.82, 2.24) is 0 Å². The molecule has 0 bridgehead atoms. The summed E-state index contributed by atoms with van der Waals surface area (Å²) in [5.74, 6) is 0. The van der Waals surface area contributed by atoms with Crippen LogP contribution in [0.5, 0.6) is 0 Å². The van der Waals surface area contributed by atoms with Crippen LogP contribution in [0.15, 0.2) is 12.2 Å². The van der Waals surface area contributed by atoms with Crippen LogP contribution in [-0.4, -0.2) is 13.2 Å². The van der Waals surface area contributed by atoms with E-state index in [0.29, 0.717) is 0 Å². The highest BCUT2D eigenvalue weighted by atomic mass is 35.5. The molecule has 0 saturated carbocycles. The molecule has 1 rings (SSSR count). The first-order valence-corrected chi connectivity index (χ1v) is 1.73. The van der Waals surface area contributed by atoms with Gasteiger partial charge >= 0.3 is 0 Å². The van der Waals surface area contributed by atoms with Crippen LogP contribution in [0.25, 0.3) is 0 Å². The van der Waals surface area contributed by atoms with Gasteiger partial charge in [0.05, 0.1) is 13.2 Å². The Morgan fingerprint density at radius 2 is 1.67 bits per heavy atom. The van der Waals surface area contributed by atoms with Crippen LogP contribution in [0.3, 0.4) is 0 Å². The molecule has 0 fully saturated rings. The molecule has 2 heteroatoms. The minimum atomic E-state index is 0. The highest BCUT2D eigenvalue weighted by Crippen LogP contribution is 1.85. The summed E-state index contributed by atoms with van der Waals surface area (Å²) in [4.78, 5) is 0. The van der Waals surface area contributed by atoms with E-state index in [4.69, 9.17) is 4.74 Å². The number of hydrogen-bond donors (Lipinski definition) is 0. The lowest BCUT2D eigenvalue weighted by Crippen LogP contribution is -1.76. The number of rotatable bonds is 0. The first-order chi connectivity index (χ1) is 2.50. The second kappa shape index (κ2) is 3.19. The third-order valence-electron chi connectivity index (χ3n) is 0.595. The molecule has 0 atom stereocenters. The predicted octanol–water partition coefficient (Wildman–Crippen LogP) is 0.995. The first-order valence-electron chi connectivity index (χ1n) is 1.73. The van der Waals surface area contributed by atoms with E-state index in [1.165, 1.54) is 0 Å². The molecule has 6 heavy (non-hydrogen) atoms. The maximum atomic E-state index is 4.83. The van der Waals surface area contributed by atoms with E-state index in [0.717, 1.165) is 13.2 Å². The van der Waals surface area contributed by atoms with E-state index >= 15 is 0 Å². The Bertz CT molecular complexity index is 45.5. The number of ether oxygens (including phenoxy) is 1. The third-order valence-corrected chi connectivity index (χ3v) is 0.595. The zero-order valence-corrected chi connectivity index (χ0v) is 4.20. The second-order valence-corrected chi connectivity index (χ2v) is 1.01. The topological polar surface area (TPSA) is 9.23 Å². The predicted molar refractivity (Wildman–Crippen MR) is 27.2 cm³/mol. The zero-order valence-electron chi connectivity index (χ0n) is 3.39. The van der Waals surface area contributed by atoms with Crippen LogP contribution in [0, 0.1) is 0 Å². The Labute approximate surface area is 43.4 Å². The zero-order chi connectivity index (χ0) is 3.54. The van der Waals surface area contributed by atoms with E-state index in [-0.39, 0.29) is 12.4 Å². The van der Waals surface area contributed by atoms with Crippen LogP contribution in [0.2, 0.25) is 0 Å². The summed E-state index contributed by atoms with van der Waals surface area (Å²) in [6.45, 7) is 1.64. The quantitative estimate of drug-likeness (QED) is 0.419. The summed E-state index contributed by atoms with van der Waals surface area (Å²) in [6.07, 6.45) is 4.03.